The quantitative estimate of drug-likeness (QED) is 0.750. The van der Waals surface area contributed by atoms with Crippen molar-refractivity contribution in [2.45, 2.75) is 38.3 Å². The topological polar surface area (TPSA) is 47.1 Å². The van der Waals surface area contributed by atoms with Crippen molar-refractivity contribution in [1.82, 2.24) is 14.7 Å². The number of aryl methyl sites for hydroxylation is 1. The Bertz CT molecular complexity index is 371. The number of nitrogen functional groups attached to an aromatic ring is 1. The van der Waals surface area contributed by atoms with Crippen LogP contribution in [0.3, 0.4) is 0 Å². The molecule has 0 aliphatic carbocycles. The van der Waals surface area contributed by atoms with Crippen molar-refractivity contribution in [2.24, 2.45) is 0 Å². The van der Waals surface area contributed by atoms with E-state index in [2.05, 4.69) is 10.00 Å². The van der Waals surface area contributed by atoms with Gasteiger partial charge in [0.2, 0.25) is 0 Å². The second kappa shape index (κ2) is 3.23. The maximum Gasteiger partial charge on any atom is 0.124 e. The minimum Gasteiger partial charge on any atom is -0.384 e. The van der Waals surface area contributed by atoms with Gasteiger partial charge in [0.15, 0.2) is 0 Å². The van der Waals surface area contributed by atoms with Gasteiger partial charge in [0.05, 0.1) is 12.2 Å². The highest BCUT2D eigenvalue weighted by molar-refractivity contribution is 5.38. The van der Waals surface area contributed by atoms with Gasteiger partial charge in [0.1, 0.15) is 5.82 Å². The highest BCUT2D eigenvalue weighted by Crippen LogP contribution is 2.36. The van der Waals surface area contributed by atoms with E-state index in [4.69, 9.17) is 5.73 Å². The lowest BCUT2D eigenvalue weighted by Gasteiger charge is -2.21. The molecule has 2 saturated heterocycles. The third-order valence-corrected chi connectivity index (χ3v) is 3.91. The fourth-order valence-electron chi connectivity index (χ4n) is 3.06. The normalized spacial score (nSPS) is 31.0. The van der Waals surface area contributed by atoms with E-state index in [1.165, 1.54) is 32.4 Å². The van der Waals surface area contributed by atoms with Crippen LogP contribution in [0.4, 0.5) is 5.82 Å². The molecule has 0 aromatic carbocycles. The lowest BCUT2D eigenvalue weighted by Crippen LogP contribution is -2.28. The molecule has 3 rings (SSSR count). The van der Waals surface area contributed by atoms with Crippen LogP contribution in [-0.4, -0.2) is 33.8 Å². The van der Waals surface area contributed by atoms with Crippen molar-refractivity contribution in [3.63, 3.8) is 0 Å². The SMILES string of the molecule is Cc1cnn(C2CCN3CCCC23)c1N. The summed E-state index contributed by atoms with van der Waals surface area (Å²) >= 11 is 0. The zero-order chi connectivity index (χ0) is 10.4. The van der Waals surface area contributed by atoms with Crippen molar-refractivity contribution in [3.8, 4) is 0 Å². The first kappa shape index (κ1) is 9.21. The van der Waals surface area contributed by atoms with Crippen LogP contribution in [0.5, 0.6) is 0 Å². The first-order valence-electron chi connectivity index (χ1n) is 5.81. The van der Waals surface area contributed by atoms with E-state index in [9.17, 15) is 0 Å². The molecule has 1 aromatic rings. The first-order valence-corrected chi connectivity index (χ1v) is 5.81. The van der Waals surface area contributed by atoms with Gasteiger partial charge in [-0.1, -0.05) is 0 Å². The molecule has 0 spiro atoms. The first-order chi connectivity index (χ1) is 7.27. The van der Waals surface area contributed by atoms with Gasteiger partial charge >= 0.3 is 0 Å². The molecule has 0 saturated carbocycles. The van der Waals surface area contributed by atoms with Crippen molar-refractivity contribution >= 4 is 5.82 Å². The molecule has 0 amide bonds. The minimum atomic E-state index is 0.515. The number of nitrogens with zero attached hydrogens (tertiary/aromatic N) is 3. The molecule has 0 bridgehead atoms. The van der Waals surface area contributed by atoms with Crippen LogP contribution in [0.15, 0.2) is 6.20 Å². The lowest BCUT2D eigenvalue weighted by atomic mass is 10.1. The van der Waals surface area contributed by atoms with Gasteiger partial charge in [0.25, 0.3) is 0 Å². The number of anilines is 1. The number of hydrogen-bond acceptors (Lipinski definition) is 3. The maximum atomic E-state index is 6.05. The minimum absolute atomic E-state index is 0.515. The van der Waals surface area contributed by atoms with Crippen molar-refractivity contribution in [2.75, 3.05) is 18.8 Å². The Balaban J connectivity index is 1.91. The second-order valence-electron chi connectivity index (χ2n) is 4.76. The molecule has 2 unspecified atom stereocenters. The smallest absolute Gasteiger partial charge is 0.124 e. The van der Waals surface area contributed by atoms with Gasteiger partial charge in [-0.3, -0.25) is 4.90 Å². The molecular formula is C11H18N4. The van der Waals surface area contributed by atoms with Crippen LogP contribution < -0.4 is 5.73 Å². The average molecular weight is 206 g/mol. The van der Waals surface area contributed by atoms with Crippen molar-refractivity contribution in [1.29, 1.82) is 0 Å². The zero-order valence-corrected chi connectivity index (χ0v) is 9.19. The van der Waals surface area contributed by atoms with Gasteiger partial charge in [0, 0.05) is 18.2 Å². The molecule has 1 aromatic heterocycles. The number of aromatic nitrogens is 2. The Kier molecular flexibility index (Phi) is 1.99. The Morgan fingerprint density at radius 3 is 2.93 bits per heavy atom. The van der Waals surface area contributed by atoms with Gasteiger partial charge in [-0.15, -0.1) is 0 Å². The van der Waals surface area contributed by atoms with E-state index >= 15 is 0 Å². The van der Waals surface area contributed by atoms with E-state index in [-0.39, 0.29) is 0 Å². The Labute approximate surface area is 90.0 Å². The monoisotopic (exact) mass is 206 g/mol. The molecule has 3 heterocycles. The van der Waals surface area contributed by atoms with E-state index in [1.54, 1.807) is 0 Å². The fourth-order valence-corrected chi connectivity index (χ4v) is 3.06. The number of hydrogen-bond donors (Lipinski definition) is 1. The summed E-state index contributed by atoms with van der Waals surface area (Å²) < 4.78 is 2.05. The van der Waals surface area contributed by atoms with Crippen LogP contribution in [0.25, 0.3) is 0 Å². The molecule has 0 radical (unpaired) electrons. The Morgan fingerprint density at radius 2 is 2.20 bits per heavy atom. The van der Waals surface area contributed by atoms with E-state index in [1.807, 2.05) is 17.8 Å². The van der Waals surface area contributed by atoms with E-state index in [0.29, 0.717) is 12.1 Å². The summed E-state index contributed by atoms with van der Waals surface area (Å²) in [6.45, 7) is 4.51. The predicted octanol–water partition coefficient (Wildman–Crippen LogP) is 1.18. The standard InChI is InChI=1S/C11H18N4/c1-8-7-13-15(11(8)12)10-4-6-14-5-2-3-9(10)14/h7,9-10H,2-6,12H2,1H3. The predicted molar refractivity (Wildman–Crippen MR) is 59.6 cm³/mol. The molecule has 2 N–H and O–H groups in total. The van der Waals surface area contributed by atoms with Crippen LogP contribution in [0, 0.1) is 6.92 Å². The van der Waals surface area contributed by atoms with Crippen LogP contribution >= 0.6 is 0 Å². The number of rotatable bonds is 1. The summed E-state index contributed by atoms with van der Waals surface area (Å²) in [5.74, 6) is 0.855. The average Bonchev–Trinajstić information content (AvgIpc) is 2.85. The number of fused-ring (bicyclic) bond motifs is 1. The number of nitrogens with two attached hydrogens (primary N) is 1. The summed E-state index contributed by atoms with van der Waals surface area (Å²) in [5.41, 5.74) is 7.15. The molecule has 4 heteroatoms. The summed E-state index contributed by atoms with van der Waals surface area (Å²) in [6, 6.07) is 1.20. The van der Waals surface area contributed by atoms with Crippen LogP contribution in [0.2, 0.25) is 0 Å². The molecule has 4 nitrogen and oxygen atoms in total. The van der Waals surface area contributed by atoms with E-state index in [0.717, 1.165) is 11.4 Å². The summed E-state index contributed by atoms with van der Waals surface area (Å²) in [6.07, 6.45) is 5.73. The summed E-state index contributed by atoms with van der Waals surface area (Å²) in [5, 5.41) is 4.42. The zero-order valence-electron chi connectivity index (χ0n) is 9.19. The molecular weight excluding hydrogens is 188 g/mol. The van der Waals surface area contributed by atoms with Crippen LogP contribution in [0.1, 0.15) is 30.9 Å². The van der Waals surface area contributed by atoms with Crippen molar-refractivity contribution < 1.29 is 0 Å². The molecule has 2 atom stereocenters. The highest BCUT2D eigenvalue weighted by Gasteiger charge is 2.39. The second-order valence-corrected chi connectivity index (χ2v) is 4.76. The summed E-state index contributed by atoms with van der Waals surface area (Å²) in [7, 11) is 0. The highest BCUT2D eigenvalue weighted by atomic mass is 15.4. The van der Waals surface area contributed by atoms with Crippen LogP contribution in [-0.2, 0) is 0 Å². The lowest BCUT2D eigenvalue weighted by molar-refractivity contribution is 0.283. The Hall–Kier alpha value is -1.03. The largest absolute Gasteiger partial charge is 0.384 e. The molecule has 2 aliphatic rings. The van der Waals surface area contributed by atoms with Crippen molar-refractivity contribution in [3.05, 3.63) is 11.8 Å². The molecule has 2 aliphatic heterocycles. The van der Waals surface area contributed by atoms with Gasteiger partial charge in [-0.25, -0.2) is 4.68 Å². The Morgan fingerprint density at radius 1 is 1.33 bits per heavy atom. The fraction of sp³-hybridized carbons (Fsp3) is 0.727. The van der Waals surface area contributed by atoms with Gasteiger partial charge < -0.3 is 5.73 Å². The summed E-state index contributed by atoms with van der Waals surface area (Å²) in [4.78, 5) is 2.58. The van der Waals surface area contributed by atoms with Gasteiger partial charge in [-0.05, 0) is 32.7 Å². The molecule has 2 fully saturated rings. The third kappa shape index (κ3) is 1.28. The molecule has 15 heavy (non-hydrogen) atoms. The third-order valence-electron chi connectivity index (χ3n) is 3.91. The maximum absolute atomic E-state index is 6.05. The van der Waals surface area contributed by atoms with Gasteiger partial charge in [-0.2, -0.15) is 5.10 Å². The molecule has 82 valence electrons. The van der Waals surface area contributed by atoms with E-state index < -0.39 is 0 Å².